The Hall–Kier alpha value is -0.880. The number of hydrogen-bond acceptors (Lipinski definition) is 3. The molecule has 3 nitrogen and oxygen atoms in total. The molecule has 0 N–H and O–H groups in total. The Bertz CT molecular complexity index is 505. The van der Waals surface area contributed by atoms with Crippen molar-refractivity contribution in [3.05, 3.63) is 29.8 Å². The van der Waals surface area contributed by atoms with Crippen LogP contribution in [0.3, 0.4) is 0 Å². The highest BCUT2D eigenvalue weighted by Crippen LogP contribution is 2.18. The van der Waals surface area contributed by atoms with Gasteiger partial charge in [0.2, 0.25) is 9.05 Å². The van der Waals surface area contributed by atoms with Crippen LogP contribution in [0.15, 0.2) is 18.2 Å². The molecule has 0 aliphatic heterocycles. The highest BCUT2D eigenvalue weighted by atomic mass is 35.7. The summed E-state index contributed by atoms with van der Waals surface area (Å²) in [6.07, 6.45) is 0.551. The van der Waals surface area contributed by atoms with E-state index >= 15 is 0 Å². The molecule has 0 aliphatic carbocycles. The Morgan fingerprint density at radius 3 is 2.50 bits per heavy atom. The van der Waals surface area contributed by atoms with Crippen molar-refractivity contribution in [1.82, 2.24) is 0 Å². The lowest BCUT2D eigenvalue weighted by molar-refractivity contribution is 0.256. The lowest BCUT2D eigenvalue weighted by Crippen LogP contribution is -2.19. The SMILES string of the molecule is CCC(COc1ccc(F)c(F)c1)CS(=O)(=O)Cl. The molecule has 0 amide bonds. The highest BCUT2D eigenvalue weighted by Gasteiger charge is 2.16. The lowest BCUT2D eigenvalue weighted by atomic mass is 10.1. The molecule has 0 bridgehead atoms. The van der Waals surface area contributed by atoms with Gasteiger partial charge in [0.15, 0.2) is 11.6 Å². The Labute approximate surface area is 109 Å². The van der Waals surface area contributed by atoms with Crippen LogP contribution in [0.1, 0.15) is 13.3 Å². The standard InChI is InChI=1S/C11H13ClF2O3S/c1-2-8(7-18(12,15)16)6-17-9-3-4-10(13)11(14)5-9/h3-5,8H,2,6-7H2,1H3. The van der Waals surface area contributed by atoms with Gasteiger partial charge in [0, 0.05) is 22.7 Å². The molecule has 0 heterocycles. The molecule has 7 heteroatoms. The molecule has 1 aromatic rings. The van der Waals surface area contributed by atoms with E-state index in [0.717, 1.165) is 12.1 Å². The van der Waals surface area contributed by atoms with Crippen molar-refractivity contribution in [1.29, 1.82) is 0 Å². The van der Waals surface area contributed by atoms with Gasteiger partial charge in [-0.3, -0.25) is 0 Å². The zero-order valence-electron chi connectivity index (χ0n) is 9.70. The van der Waals surface area contributed by atoms with Crippen molar-refractivity contribution in [2.24, 2.45) is 5.92 Å². The molecule has 0 fully saturated rings. The molecule has 0 saturated carbocycles. The minimum Gasteiger partial charge on any atom is -0.493 e. The van der Waals surface area contributed by atoms with Crippen LogP contribution in [0.5, 0.6) is 5.75 Å². The van der Waals surface area contributed by atoms with Crippen LogP contribution in [0.25, 0.3) is 0 Å². The summed E-state index contributed by atoms with van der Waals surface area (Å²) in [5.41, 5.74) is 0. The van der Waals surface area contributed by atoms with E-state index in [2.05, 4.69) is 0 Å². The van der Waals surface area contributed by atoms with E-state index in [4.69, 9.17) is 15.4 Å². The number of ether oxygens (including phenoxy) is 1. The fraction of sp³-hybridized carbons (Fsp3) is 0.455. The van der Waals surface area contributed by atoms with E-state index in [0.29, 0.717) is 6.42 Å². The van der Waals surface area contributed by atoms with E-state index in [1.807, 2.05) is 0 Å². The first kappa shape index (κ1) is 15.2. The van der Waals surface area contributed by atoms with Crippen molar-refractivity contribution in [3.63, 3.8) is 0 Å². The van der Waals surface area contributed by atoms with E-state index in [-0.39, 0.29) is 24.0 Å². The average molecular weight is 299 g/mol. The van der Waals surface area contributed by atoms with E-state index in [1.165, 1.54) is 6.07 Å². The molecular formula is C11H13ClF2O3S. The smallest absolute Gasteiger partial charge is 0.232 e. The van der Waals surface area contributed by atoms with Crippen LogP contribution in [-0.4, -0.2) is 20.8 Å². The van der Waals surface area contributed by atoms with Crippen LogP contribution >= 0.6 is 10.7 Å². The monoisotopic (exact) mass is 298 g/mol. The van der Waals surface area contributed by atoms with Gasteiger partial charge in [-0.15, -0.1) is 0 Å². The molecular weight excluding hydrogens is 286 g/mol. The van der Waals surface area contributed by atoms with Gasteiger partial charge in [-0.2, -0.15) is 0 Å². The lowest BCUT2D eigenvalue weighted by Gasteiger charge is -2.14. The van der Waals surface area contributed by atoms with Crippen molar-refractivity contribution < 1.29 is 21.9 Å². The summed E-state index contributed by atoms with van der Waals surface area (Å²) in [5.74, 6) is -2.32. The van der Waals surface area contributed by atoms with Gasteiger partial charge >= 0.3 is 0 Å². The minimum absolute atomic E-state index is 0.0769. The van der Waals surface area contributed by atoms with Crippen LogP contribution in [0, 0.1) is 17.6 Å². The summed E-state index contributed by atoms with van der Waals surface area (Å²) < 4.78 is 52.6. The van der Waals surface area contributed by atoms with Crippen LogP contribution in [0.4, 0.5) is 8.78 Å². The number of halogens is 3. The van der Waals surface area contributed by atoms with Gasteiger partial charge in [0.05, 0.1) is 12.4 Å². The van der Waals surface area contributed by atoms with Crippen LogP contribution in [0.2, 0.25) is 0 Å². The van der Waals surface area contributed by atoms with Gasteiger partial charge in [0.25, 0.3) is 0 Å². The Balaban J connectivity index is 2.60. The zero-order valence-corrected chi connectivity index (χ0v) is 11.3. The molecule has 0 spiro atoms. The molecule has 0 aromatic heterocycles. The van der Waals surface area contributed by atoms with Crippen molar-refractivity contribution in [2.45, 2.75) is 13.3 Å². The van der Waals surface area contributed by atoms with Gasteiger partial charge in [-0.05, 0) is 18.6 Å². The summed E-state index contributed by atoms with van der Waals surface area (Å²) in [5, 5.41) is 0. The summed E-state index contributed by atoms with van der Waals surface area (Å²) in [6, 6.07) is 3.14. The maximum Gasteiger partial charge on any atom is 0.232 e. The first-order valence-corrected chi connectivity index (χ1v) is 7.80. The molecule has 1 atom stereocenters. The predicted octanol–water partition coefficient (Wildman–Crippen LogP) is 2.94. The highest BCUT2D eigenvalue weighted by molar-refractivity contribution is 8.13. The second kappa shape index (κ2) is 6.33. The Morgan fingerprint density at radius 2 is 2.00 bits per heavy atom. The summed E-state index contributed by atoms with van der Waals surface area (Å²) in [6.45, 7) is 1.87. The summed E-state index contributed by atoms with van der Waals surface area (Å²) >= 11 is 0. The maximum atomic E-state index is 12.9. The fourth-order valence-electron chi connectivity index (χ4n) is 1.35. The van der Waals surface area contributed by atoms with Gasteiger partial charge in [-0.25, -0.2) is 17.2 Å². The summed E-state index contributed by atoms with van der Waals surface area (Å²) in [7, 11) is 1.54. The maximum absolute atomic E-state index is 12.9. The van der Waals surface area contributed by atoms with Crippen molar-refractivity contribution >= 4 is 19.7 Å². The van der Waals surface area contributed by atoms with Crippen LogP contribution in [-0.2, 0) is 9.05 Å². The second-order valence-corrected chi connectivity index (χ2v) is 6.69. The molecule has 1 aromatic carbocycles. The van der Waals surface area contributed by atoms with E-state index < -0.39 is 20.7 Å². The number of rotatable bonds is 6. The molecule has 18 heavy (non-hydrogen) atoms. The van der Waals surface area contributed by atoms with Crippen LogP contribution < -0.4 is 4.74 Å². The Kier molecular flexibility index (Phi) is 5.34. The minimum atomic E-state index is -3.60. The van der Waals surface area contributed by atoms with Gasteiger partial charge < -0.3 is 4.74 Å². The molecule has 0 aliphatic rings. The third-order valence-corrected chi connectivity index (χ3v) is 3.64. The zero-order chi connectivity index (χ0) is 13.8. The molecule has 0 saturated heterocycles. The molecule has 102 valence electrons. The second-order valence-electron chi connectivity index (χ2n) is 3.87. The molecule has 1 unspecified atom stereocenters. The van der Waals surface area contributed by atoms with Gasteiger partial charge in [0.1, 0.15) is 5.75 Å². The van der Waals surface area contributed by atoms with Gasteiger partial charge in [-0.1, -0.05) is 6.92 Å². The normalized spacial score (nSPS) is 13.3. The first-order valence-electron chi connectivity index (χ1n) is 5.32. The molecule has 1 rings (SSSR count). The quantitative estimate of drug-likeness (QED) is 0.758. The van der Waals surface area contributed by atoms with E-state index in [9.17, 15) is 17.2 Å². The third-order valence-electron chi connectivity index (χ3n) is 2.39. The first-order chi connectivity index (χ1) is 8.31. The molecule has 0 radical (unpaired) electrons. The van der Waals surface area contributed by atoms with Crippen molar-refractivity contribution in [3.8, 4) is 5.75 Å². The number of benzene rings is 1. The Morgan fingerprint density at radius 1 is 1.33 bits per heavy atom. The topological polar surface area (TPSA) is 43.4 Å². The average Bonchev–Trinajstić information content (AvgIpc) is 2.27. The predicted molar refractivity (Wildman–Crippen MR) is 65.3 cm³/mol. The third kappa shape index (κ3) is 5.18. The van der Waals surface area contributed by atoms with E-state index in [1.54, 1.807) is 6.92 Å². The fourth-order valence-corrected chi connectivity index (χ4v) is 2.78. The number of hydrogen-bond donors (Lipinski definition) is 0. The summed E-state index contributed by atoms with van der Waals surface area (Å²) in [4.78, 5) is 0. The van der Waals surface area contributed by atoms with Crippen molar-refractivity contribution in [2.75, 3.05) is 12.4 Å². The largest absolute Gasteiger partial charge is 0.493 e.